The van der Waals surface area contributed by atoms with E-state index in [1.165, 1.54) is 25.9 Å². The van der Waals surface area contributed by atoms with Gasteiger partial charge in [0.25, 0.3) is 0 Å². The van der Waals surface area contributed by atoms with Crippen LogP contribution in [0.15, 0.2) is 6.07 Å². The van der Waals surface area contributed by atoms with Gasteiger partial charge in [0.05, 0.1) is 0 Å². The van der Waals surface area contributed by atoms with Crippen LogP contribution < -0.4 is 4.90 Å². The molecular formula is C16H23N3O2. The van der Waals surface area contributed by atoms with Gasteiger partial charge in [0, 0.05) is 24.8 Å². The Kier molecular flexibility index (Phi) is 3.85. The first kappa shape index (κ1) is 14.3. The van der Waals surface area contributed by atoms with Gasteiger partial charge in [-0.05, 0) is 57.8 Å². The molecule has 1 atom stereocenters. The molecular weight excluding hydrogens is 266 g/mol. The molecule has 0 aliphatic carbocycles. The molecule has 0 radical (unpaired) electrons. The van der Waals surface area contributed by atoms with Gasteiger partial charge in [-0.3, -0.25) is 4.90 Å². The number of likely N-dealkylation sites (tertiary alicyclic amines) is 1. The lowest BCUT2D eigenvalue weighted by molar-refractivity contribution is 0.0696. The van der Waals surface area contributed by atoms with Crippen LogP contribution >= 0.6 is 0 Å². The van der Waals surface area contributed by atoms with E-state index in [0.717, 1.165) is 30.8 Å². The lowest BCUT2D eigenvalue weighted by atomic mass is 10.1. The number of anilines is 1. The van der Waals surface area contributed by atoms with E-state index in [4.69, 9.17) is 0 Å². The Bertz CT molecular complexity index is 553. The van der Waals surface area contributed by atoms with Crippen molar-refractivity contribution in [1.82, 2.24) is 9.88 Å². The van der Waals surface area contributed by atoms with Crippen molar-refractivity contribution in [3.05, 3.63) is 22.9 Å². The number of carboxylic acids is 1. The average molecular weight is 289 g/mol. The summed E-state index contributed by atoms with van der Waals surface area (Å²) in [4.78, 5) is 20.8. The quantitative estimate of drug-likeness (QED) is 0.923. The minimum Gasteiger partial charge on any atom is -0.478 e. The number of hydrogen-bond acceptors (Lipinski definition) is 4. The van der Waals surface area contributed by atoms with E-state index in [1.807, 2.05) is 19.9 Å². The van der Waals surface area contributed by atoms with Gasteiger partial charge in [0.2, 0.25) is 0 Å². The molecule has 5 nitrogen and oxygen atoms in total. The number of hydrogen-bond donors (Lipinski definition) is 1. The number of carbonyl (C=O) groups is 1. The van der Waals surface area contributed by atoms with Crippen LogP contribution in [0, 0.1) is 13.8 Å². The Hall–Kier alpha value is -1.62. The van der Waals surface area contributed by atoms with Gasteiger partial charge in [-0.15, -0.1) is 0 Å². The molecule has 0 bridgehead atoms. The highest BCUT2D eigenvalue weighted by molar-refractivity contribution is 5.95. The zero-order valence-corrected chi connectivity index (χ0v) is 12.8. The van der Waals surface area contributed by atoms with Crippen LogP contribution in [0.4, 0.5) is 5.82 Å². The van der Waals surface area contributed by atoms with Crippen molar-refractivity contribution in [2.45, 2.75) is 39.2 Å². The fraction of sp³-hybridized carbons (Fsp3) is 0.625. The lowest BCUT2D eigenvalue weighted by Crippen LogP contribution is -2.35. The molecule has 1 aromatic rings. The van der Waals surface area contributed by atoms with Gasteiger partial charge in [-0.25, -0.2) is 9.78 Å². The molecule has 2 saturated heterocycles. The maximum Gasteiger partial charge on any atom is 0.339 e. The summed E-state index contributed by atoms with van der Waals surface area (Å²) in [5, 5.41) is 9.50. The van der Waals surface area contributed by atoms with Crippen LogP contribution in [0.2, 0.25) is 0 Å². The third-order valence-electron chi connectivity index (χ3n) is 4.66. The highest BCUT2D eigenvalue weighted by atomic mass is 16.4. The van der Waals surface area contributed by atoms with Crippen LogP contribution in [0.5, 0.6) is 0 Å². The number of pyridine rings is 1. The largest absolute Gasteiger partial charge is 0.478 e. The fourth-order valence-corrected chi connectivity index (χ4v) is 3.65. The molecule has 0 saturated carbocycles. The van der Waals surface area contributed by atoms with E-state index < -0.39 is 5.97 Å². The number of aromatic carboxylic acids is 1. The molecule has 0 amide bonds. The zero-order valence-electron chi connectivity index (χ0n) is 12.8. The number of nitrogens with zero attached hydrogens (tertiary/aromatic N) is 3. The van der Waals surface area contributed by atoms with Crippen molar-refractivity contribution in [2.24, 2.45) is 0 Å². The Labute approximate surface area is 125 Å². The molecule has 2 aliphatic rings. The molecule has 21 heavy (non-hydrogen) atoms. The maximum atomic E-state index is 11.6. The Balaban J connectivity index is 1.85. The number of rotatable bonds is 3. The van der Waals surface area contributed by atoms with E-state index in [2.05, 4.69) is 14.8 Å². The van der Waals surface area contributed by atoms with E-state index in [0.29, 0.717) is 17.4 Å². The standard InChI is InChI=1S/C16H23N3O2/c1-11-9-12(2)17-15(14(11)16(20)21)19-8-5-13(10-19)18-6-3-4-7-18/h9,13H,3-8,10H2,1-2H3,(H,20,21). The Morgan fingerprint density at radius 3 is 2.67 bits per heavy atom. The summed E-state index contributed by atoms with van der Waals surface area (Å²) in [6.45, 7) is 7.95. The first-order valence-electron chi connectivity index (χ1n) is 7.77. The van der Waals surface area contributed by atoms with Crippen LogP contribution in [-0.4, -0.2) is 53.2 Å². The van der Waals surface area contributed by atoms with Gasteiger partial charge < -0.3 is 10.0 Å². The predicted molar refractivity (Wildman–Crippen MR) is 82.1 cm³/mol. The van der Waals surface area contributed by atoms with E-state index >= 15 is 0 Å². The second-order valence-electron chi connectivity index (χ2n) is 6.22. The second-order valence-corrected chi connectivity index (χ2v) is 6.22. The van der Waals surface area contributed by atoms with Crippen molar-refractivity contribution >= 4 is 11.8 Å². The molecule has 3 heterocycles. The van der Waals surface area contributed by atoms with Crippen LogP contribution in [0.3, 0.4) is 0 Å². The lowest BCUT2D eigenvalue weighted by Gasteiger charge is -2.25. The van der Waals surface area contributed by atoms with Gasteiger partial charge in [0.15, 0.2) is 0 Å². The number of carboxylic acid groups (broad SMARTS) is 1. The first-order valence-corrected chi connectivity index (χ1v) is 7.77. The van der Waals surface area contributed by atoms with Crippen LogP contribution in [-0.2, 0) is 0 Å². The molecule has 3 rings (SSSR count). The molecule has 114 valence electrons. The summed E-state index contributed by atoms with van der Waals surface area (Å²) in [6, 6.07) is 2.40. The SMILES string of the molecule is Cc1cc(C)c(C(=O)O)c(N2CCC(N3CCCC3)C2)n1. The first-order chi connectivity index (χ1) is 10.1. The van der Waals surface area contributed by atoms with Crippen molar-refractivity contribution in [1.29, 1.82) is 0 Å². The maximum absolute atomic E-state index is 11.6. The molecule has 5 heteroatoms. The smallest absolute Gasteiger partial charge is 0.339 e. The summed E-state index contributed by atoms with van der Waals surface area (Å²) in [7, 11) is 0. The van der Waals surface area contributed by atoms with Gasteiger partial charge in [-0.1, -0.05) is 0 Å². The summed E-state index contributed by atoms with van der Waals surface area (Å²) in [6.07, 6.45) is 3.69. The van der Waals surface area contributed by atoms with Gasteiger partial charge in [-0.2, -0.15) is 0 Å². The summed E-state index contributed by atoms with van der Waals surface area (Å²) < 4.78 is 0. The highest BCUT2D eigenvalue weighted by Gasteiger charge is 2.32. The van der Waals surface area contributed by atoms with Crippen molar-refractivity contribution in [2.75, 3.05) is 31.1 Å². The molecule has 0 aromatic carbocycles. The third-order valence-corrected chi connectivity index (χ3v) is 4.66. The van der Waals surface area contributed by atoms with Crippen LogP contribution in [0.1, 0.15) is 40.9 Å². The zero-order chi connectivity index (χ0) is 15.0. The monoisotopic (exact) mass is 289 g/mol. The minimum atomic E-state index is -0.875. The van der Waals surface area contributed by atoms with Crippen molar-refractivity contribution < 1.29 is 9.90 Å². The summed E-state index contributed by atoms with van der Waals surface area (Å²) in [5.74, 6) is -0.221. The van der Waals surface area contributed by atoms with E-state index in [1.54, 1.807) is 0 Å². The average Bonchev–Trinajstić information content (AvgIpc) is 3.08. The minimum absolute atomic E-state index is 0.364. The second kappa shape index (κ2) is 5.64. The van der Waals surface area contributed by atoms with E-state index in [9.17, 15) is 9.90 Å². The normalized spacial score (nSPS) is 23.0. The number of aromatic nitrogens is 1. The highest BCUT2D eigenvalue weighted by Crippen LogP contribution is 2.28. The molecule has 1 aromatic heterocycles. The molecule has 1 unspecified atom stereocenters. The van der Waals surface area contributed by atoms with Crippen molar-refractivity contribution in [3.8, 4) is 0 Å². The summed E-state index contributed by atoms with van der Waals surface area (Å²) >= 11 is 0. The molecule has 1 N–H and O–H groups in total. The van der Waals surface area contributed by atoms with Crippen LogP contribution in [0.25, 0.3) is 0 Å². The predicted octanol–water partition coefficient (Wildman–Crippen LogP) is 2.07. The van der Waals surface area contributed by atoms with Gasteiger partial charge >= 0.3 is 5.97 Å². The Morgan fingerprint density at radius 1 is 1.29 bits per heavy atom. The third kappa shape index (κ3) is 2.75. The summed E-state index contributed by atoms with van der Waals surface area (Å²) in [5.41, 5.74) is 2.05. The number of aryl methyl sites for hydroxylation is 2. The van der Waals surface area contributed by atoms with E-state index in [-0.39, 0.29) is 0 Å². The fourth-order valence-electron chi connectivity index (χ4n) is 3.65. The molecule has 0 spiro atoms. The Morgan fingerprint density at radius 2 is 2.00 bits per heavy atom. The topological polar surface area (TPSA) is 56.7 Å². The molecule has 2 fully saturated rings. The molecule has 2 aliphatic heterocycles. The van der Waals surface area contributed by atoms with Crippen molar-refractivity contribution in [3.63, 3.8) is 0 Å². The van der Waals surface area contributed by atoms with Gasteiger partial charge in [0.1, 0.15) is 11.4 Å².